The summed E-state index contributed by atoms with van der Waals surface area (Å²) in [6.07, 6.45) is 1.93. The molecule has 2 aromatic carbocycles. The normalized spacial score (nSPS) is 10.9. The first-order chi connectivity index (χ1) is 9.74. The van der Waals surface area contributed by atoms with Crippen molar-refractivity contribution in [1.82, 2.24) is 4.57 Å². The maximum Gasteiger partial charge on any atom is 0.132 e. The Labute approximate surface area is 125 Å². The van der Waals surface area contributed by atoms with Crippen LogP contribution < -0.4 is 5.32 Å². The van der Waals surface area contributed by atoms with E-state index in [0.717, 1.165) is 28.8 Å². The van der Waals surface area contributed by atoms with Gasteiger partial charge in [-0.05, 0) is 36.4 Å². The van der Waals surface area contributed by atoms with E-state index < -0.39 is 0 Å². The number of fused-ring (bicyclic) bond motifs is 1. The summed E-state index contributed by atoms with van der Waals surface area (Å²) in [5.74, 6) is -0.166. The summed E-state index contributed by atoms with van der Waals surface area (Å²) < 4.78 is 16.7. The number of anilines is 1. The first-order valence-electron chi connectivity index (χ1n) is 6.47. The number of hydrogen-bond donors (Lipinski definition) is 1. The predicted octanol–water partition coefficient (Wildman–Crippen LogP) is 4.66. The molecule has 0 aliphatic heterocycles. The lowest BCUT2D eigenvalue weighted by Gasteiger charge is -2.09. The van der Waals surface area contributed by atoms with E-state index >= 15 is 0 Å². The van der Waals surface area contributed by atoms with Gasteiger partial charge in [0.25, 0.3) is 0 Å². The summed E-state index contributed by atoms with van der Waals surface area (Å²) in [6, 6.07) is 15.1. The number of rotatable bonds is 4. The van der Waals surface area contributed by atoms with Gasteiger partial charge in [-0.25, -0.2) is 4.39 Å². The summed E-state index contributed by atoms with van der Waals surface area (Å²) in [5, 5.41) is 4.03. The van der Waals surface area contributed by atoms with E-state index in [4.69, 9.17) is 0 Å². The van der Waals surface area contributed by atoms with Gasteiger partial charge in [-0.1, -0.05) is 28.1 Å². The zero-order chi connectivity index (χ0) is 13.9. The molecule has 3 aromatic rings. The Morgan fingerprint density at radius 1 is 1.10 bits per heavy atom. The Morgan fingerprint density at radius 3 is 2.80 bits per heavy atom. The summed E-state index contributed by atoms with van der Waals surface area (Å²) >= 11 is 3.45. The molecule has 1 heterocycles. The lowest BCUT2D eigenvalue weighted by molar-refractivity contribution is 0.639. The molecule has 0 atom stereocenters. The van der Waals surface area contributed by atoms with Crippen molar-refractivity contribution in [3.8, 4) is 0 Å². The highest BCUT2D eigenvalue weighted by Gasteiger charge is 2.04. The van der Waals surface area contributed by atoms with Crippen LogP contribution >= 0.6 is 15.9 Å². The van der Waals surface area contributed by atoms with Gasteiger partial charge in [0, 0.05) is 34.8 Å². The van der Waals surface area contributed by atoms with Crippen LogP contribution in [-0.4, -0.2) is 11.1 Å². The van der Waals surface area contributed by atoms with Crippen LogP contribution in [0.1, 0.15) is 0 Å². The minimum absolute atomic E-state index is 0.166. The van der Waals surface area contributed by atoms with Crippen LogP contribution in [0.4, 0.5) is 10.1 Å². The SMILES string of the molecule is Fc1cccc2c1ccn2CCNc1cccc(Br)c1. The number of hydrogen-bond acceptors (Lipinski definition) is 1. The van der Waals surface area contributed by atoms with E-state index in [1.807, 2.05) is 42.6 Å². The largest absolute Gasteiger partial charge is 0.383 e. The molecule has 0 amide bonds. The fraction of sp³-hybridized carbons (Fsp3) is 0.125. The van der Waals surface area contributed by atoms with Crippen molar-refractivity contribution in [2.24, 2.45) is 0 Å². The van der Waals surface area contributed by atoms with E-state index in [1.165, 1.54) is 6.07 Å². The third kappa shape index (κ3) is 2.70. The highest BCUT2D eigenvalue weighted by Crippen LogP contribution is 2.19. The second-order valence-corrected chi connectivity index (χ2v) is 5.53. The van der Waals surface area contributed by atoms with Gasteiger partial charge in [0.05, 0.1) is 5.52 Å². The van der Waals surface area contributed by atoms with Gasteiger partial charge in [0.1, 0.15) is 5.82 Å². The Bertz CT molecular complexity index is 736. The van der Waals surface area contributed by atoms with Crippen molar-refractivity contribution in [1.29, 1.82) is 0 Å². The van der Waals surface area contributed by atoms with E-state index in [0.29, 0.717) is 5.39 Å². The lowest BCUT2D eigenvalue weighted by atomic mass is 10.2. The summed E-state index contributed by atoms with van der Waals surface area (Å²) in [7, 11) is 0. The molecule has 1 N–H and O–H groups in total. The van der Waals surface area contributed by atoms with Crippen LogP contribution in [0, 0.1) is 5.82 Å². The van der Waals surface area contributed by atoms with E-state index in [9.17, 15) is 4.39 Å². The first-order valence-corrected chi connectivity index (χ1v) is 7.26. The molecule has 0 bridgehead atoms. The monoisotopic (exact) mass is 332 g/mol. The molecule has 0 unspecified atom stereocenters. The van der Waals surface area contributed by atoms with Gasteiger partial charge in [0.15, 0.2) is 0 Å². The highest BCUT2D eigenvalue weighted by atomic mass is 79.9. The fourth-order valence-corrected chi connectivity index (χ4v) is 2.70. The number of nitrogens with zero attached hydrogens (tertiary/aromatic N) is 1. The van der Waals surface area contributed by atoms with Gasteiger partial charge in [-0.2, -0.15) is 0 Å². The van der Waals surface area contributed by atoms with Crippen molar-refractivity contribution < 1.29 is 4.39 Å². The number of halogens is 2. The standard InChI is InChI=1S/C16H14BrFN2/c17-12-3-1-4-13(11-12)19-8-10-20-9-7-14-15(18)5-2-6-16(14)20/h1-7,9,11,19H,8,10H2. The molecule has 0 saturated heterocycles. The molecular formula is C16H14BrFN2. The topological polar surface area (TPSA) is 17.0 Å². The zero-order valence-electron chi connectivity index (χ0n) is 10.8. The maximum atomic E-state index is 13.6. The van der Waals surface area contributed by atoms with Crippen molar-refractivity contribution in [2.75, 3.05) is 11.9 Å². The van der Waals surface area contributed by atoms with Crippen molar-refractivity contribution in [3.05, 3.63) is 65.0 Å². The van der Waals surface area contributed by atoms with E-state index in [2.05, 4.69) is 25.8 Å². The number of benzene rings is 2. The molecule has 20 heavy (non-hydrogen) atoms. The lowest BCUT2D eigenvalue weighted by Crippen LogP contribution is -2.09. The molecule has 2 nitrogen and oxygen atoms in total. The summed E-state index contributed by atoms with van der Waals surface area (Å²) in [6.45, 7) is 1.58. The molecule has 3 rings (SSSR count). The van der Waals surface area contributed by atoms with E-state index in [-0.39, 0.29) is 5.82 Å². The van der Waals surface area contributed by atoms with Crippen LogP contribution in [0.3, 0.4) is 0 Å². The quantitative estimate of drug-likeness (QED) is 0.735. The molecule has 0 saturated carbocycles. The summed E-state index contributed by atoms with van der Waals surface area (Å²) in [4.78, 5) is 0. The molecule has 0 aliphatic rings. The predicted molar refractivity (Wildman–Crippen MR) is 84.5 cm³/mol. The Balaban J connectivity index is 1.70. The van der Waals surface area contributed by atoms with Gasteiger partial charge < -0.3 is 9.88 Å². The second-order valence-electron chi connectivity index (χ2n) is 4.62. The molecular weight excluding hydrogens is 319 g/mol. The minimum atomic E-state index is -0.166. The van der Waals surface area contributed by atoms with Crippen LogP contribution in [0.25, 0.3) is 10.9 Å². The van der Waals surface area contributed by atoms with Crippen molar-refractivity contribution in [2.45, 2.75) is 6.54 Å². The smallest absolute Gasteiger partial charge is 0.132 e. The molecule has 4 heteroatoms. The average Bonchev–Trinajstić information content (AvgIpc) is 2.84. The van der Waals surface area contributed by atoms with Crippen LogP contribution in [0.2, 0.25) is 0 Å². The summed E-state index contributed by atoms with van der Waals surface area (Å²) in [5.41, 5.74) is 2.00. The molecule has 0 fully saturated rings. The van der Waals surface area contributed by atoms with Crippen LogP contribution in [0.5, 0.6) is 0 Å². The van der Waals surface area contributed by atoms with Crippen LogP contribution in [0.15, 0.2) is 59.2 Å². The average molecular weight is 333 g/mol. The Morgan fingerprint density at radius 2 is 1.95 bits per heavy atom. The third-order valence-corrected chi connectivity index (χ3v) is 3.76. The van der Waals surface area contributed by atoms with Gasteiger partial charge >= 0.3 is 0 Å². The van der Waals surface area contributed by atoms with Gasteiger partial charge in [-0.15, -0.1) is 0 Å². The molecule has 0 aliphatic carbocycles. The molecule has 0 spiro atoms. The number of nitrogens with one attached hydrogen (secondary N) is 1. The van der Waals surface area contributed by atoms with Crippen molar-refractivity contribution >= 4 is 32.5 Å². The zero-order valence-corrected chi connectivity index (χ0v) is 12.4. The number of aromatic nitrogens is 1. The molecule has 1 aromatic heterocycles. The first kappa shape index (κ1) is 13.2. The van der Waals surface area contributed by atoms with Crippen molar-refractivity contribution in [3.63, 3.8) is 0 Å². The highest BCUT2D eigenvalue weighted by molar-refractivity contribution is 9.10. The Kier molecular flexibility index (Phi) is 3.74. The van der Waals surface area contributed by atoms with Gasteiger partial charge in [-0.3, -0.25) is 0 Å². The van der Waals surface area contributed by atoms with Gasteiger partial charge in [0.2, 0.25) is 0 Å². The molecule has 102 valence electrons. The minimum Gasteiger partial charge on any atom is -0.383 e. The van der Waals surface area contributed by atoms with E-state index in [1.54, 1.807) is 6.07 Å². The second kappa shape index (κ2) is 5.67. The maximum absolute atomic E-state index is 13.6. The molecule has 0 radical (unpaired) electrons. The third-order valence-electron chi connectivity index (χ3n) is 3.27. The Hall–Kier alpha value is -1.81. The fourth-order valence-electron chi connectivity index (χ4n) is 2.30. The van der Waals surface area contributed by atoms with Crippen LogP contribution in [-0.2, 0) is 6.54 Å².